The van der Waals surface area contributed by atoms with Crippen molar-refractivity contribution in [2.45, 2.75) is 355 Å². The quantitative estimate of drug-likeness (QED) is 0.117. The maximum absolute atomic E-state index is 13.8. The molecule has 22 heteroatoms. The van der Waals surface area contributed by atoms with Gasteiger partial charge in [-0.2, -0.15) is 8.78 Å². The van der Waals surface area contributed by atoms with Crippen LogP contribution in [0.3, 0.4) is 0 Å². The molecule has 3 atom stereocenters. The lowest BCUT2D eigenvalue weighted by Crippen LogP contribution is -2.18. The minimum atomic E-state index is -3.13. The van der Waals surface area contributed by atoms with Gasteiger partial charge in [0.2, 0.25) is 6.36 Å². The van der Waals surface area contributed by atoms with Crippen molar-refractivity contribution in [2.24, 2.45) is 0 Å². The van der Waals surface area contributed by atoms with Crippen molar-refractivity contribution in [1.29, 1.82) is 0 Å². The molecule has 2 nitrogen and oxygen atoms in total. The van der Waals surface area contributed by atoms with E-state index in [0.717, 1.165) is 79.4 Å². The monoisotopic (exact) mass is 1960 g/mol. The summed E-state index contributed by atoms with van der Waals surface area (Å²) in [4.78, 5) is 0. The Labute approximate surface area is 812 Å². The van der Waals surface area contributed by atoms with E-state index in [4.69, 9.17) is 27.9 Å². The normalized spacial score (nSPS) is 12.6. The van der Waals surface area contributed by atoms with Crippen LogP contribution in [0.1, 0.15) is 348 Å². The predicted molar refractivity (Wildman–Crippen MR) is 531 cm³/mol. The smallest absolute Gasteiger partial charge is 0.387 e. The van der Waals surface area contributed by atoms with Crippen LogP contribution < -0.4 is 9.47 Å². The Bertz CT molecular complexity index is 5040. The van der Waals surface area contributed by atoms with Crippen molar-refractivity contribution >= 4 is 23.2 Å². The third-order valence-electron chi connectivity index (χ3n) is 21.3. The minimum absolute atomic E-state index is 0.0269. The number of halogens is 20. The third-order valence-corrected chi connectivity index (χ3v) is 21.9. The molecular formula is C114H148Cl2F18O2. The summed E-state index contributed by atoms with van der Waals surface area (Å²) in [6.07, 6.45) is -3.77. The third kappa shape index (κ3) is 42.8. The highest BCUT2D eigenvalue weighted by Gasteiger charge is 2.33. The van der Waals surface area contributed by atoms with E-state index in [0.29, 0.717) is 34.2 Å². The molecular weight excluding hydrogens is 1810 g/mol. The van der Waals surface area contributed by atoms with Gasteiger partial charge in [-0.25, -0.2) is 70.2 Å². The highest BCUT2D eigenvalue weighted by atomic mass is 35.5. The summed E-state index contributed by atoms with van der Waals surface area (Å²) in [5.41, 5.74) is 11.8. The summed E-state index contributed by atoms with van der Waals surface area (Å²) in [5, 5.41) is 0.705. The summed E-state index contributed by atoms with van der Waals surface area (Å²) >= 11 is 11.6. The van der Waals surface area contributed by atoms with Gasteiger partial charge in [0.05, 0.1) is 10.6 Å². The van der Waals surface area contributed by atoms with Crippen LogP contribution in [0.4, 0.5) is 79.0 Å². The van der Waals surface area contributed by atoms with Crippen molar-refractivity contribution in [3.63, 3.8) is 0 Å². The minimum Gasteiger partial charge on any atom is -0.458 e. The van der Waals surface area contributed by atoms with E-state index < -0.39 is 88.8 Å². The van der Waals surface area contributed by atoms with E-state index >= 15 is 0 Å². The van der Waals surface area contributed by atoms with Crippen LogP contribution in [0.15, 0.2) is 164 Å². The van der Waals surface area contributed by atoms with E-state index in [-0.39, 0.29) is 88.3 Å². The second-order valence-electron chi connectivity index (χ2n) is 44.3. The fraction of sp³-hybridized carbons (Fsp3) is 0.474. The Hall–Kier alpha value is -8.88. The molecule has 0 bridgehead atoms. The first kappa shape index (κ1) is 125. The number of alkyl halides is 7. The topological polar surface area (TPSA) is 18.5 Å². The maximum Gasteiger partial charge on any atom is 0.387 e. The van der Waals surface area contributed by atoms with E-state index in [9.17, 15) is 79.0 Å². The number of ether oxygens (including phenoxy) is 2. The second kappa shape index (κ2) is 50.8. The molecule has 0 aromatic heterocycles. The fourth-order valence-corrected chi connectivity index (χ4v) is 12.6. The largest absolute Gasteiger partial charge is 0.458 e. The Morgan fingerprint density at radius 3 is 0.941 bits per heavy atom. The van der Waals surface area contributed by atoms with Crippen LogP contribution in [0.5, 0.6) is 11.5 Å². The zero-order valence-corrected chi connectivity index (χ0v) is 88.8. The summed E-state index contributed by atoms with van der Waals surface area (Å²) < 4.78 is 241. The van der Waals surface area contributed by atoms with Gasteiger partial charge < -0.3 is 9.47 Å². The average Bonchev–Trinajstić information content (AvgIpc) is 0.775. The standard InChI is InChI=1S/C12H16ClF.C12H15F3.C12H16F2O.C12H16F2.C12H17F.C11H13ClF2O.C11H14F2.2C11H15F.C10H11F3/c1-8(14)10-7-9(12(2,3)4)5-6-11(10)13;1-11(2,3)8-6-5-7-9(10(8)13)12(4,14)15;1-8(13)15-11-7-9(12(2,3)4)5-6-10(11)14;1-8(13)10-7-9(12(2,3)4)5-6-11(10)14;1-8-6-10(12(3,4)5)7-11(13)9(8)2;1-11(2,3)7-4-5-8(12)9(6-7)15-10(13)14;1-7-5-8(11(2,3)4)6-9(12)10(7)13;1-8-5-9(11(2,3)4)7-10(12)6-8;1-8-7-9(11(2,3)4)5-6-10(8)12;1-10(2,3)6-4-7(11)9(13)8(12)5-6/h5-8H,1-4H3;5-7H,1-4H3;5-8H,1-4H3;5-8H,1-4H3;6-7H,1-5H3;4-6,10H,1-3H3;5-6H,1-4H3;2*5-7H,1-4H3;4-5H,1-3H3. The molecule has 136 heavy (non-hydrogen) atoms. The molecule has 0 aliphatic rings. The molecule has 0 aliphatic heterocycles. The highest BCUT2D eigenvalue weighted by molar-refractivity contribution is 6.32. The highest BCUT2D eigenvalue weighted by Crippen LogP contribution is 2.39. The fourth-order valence-electron chi connectivity index (χ4n) is 12.1. The zero-order chi connectivity index (χ0) is 106. The van der Waals surface area contributed by atoms with Gasteiger partial charge in [0.25, 0.3) is 5.92 Å². The summed E-state index contributed by atoms with van der Waals surface area (Å²) in [5.74, 6) is -10.5. The van der Waals surface area contributed by atoms with Crippen LogP contribution in [-0.2, 0) is 60.1 Å². The van der Waals surface area contributed by atoms with Gasteiger partial charge in [-0.3, -0.25) is 0 Å². The molecule has 756 valence electrons. The first-order valence-corrected chi connectivity index (χ1v) is 45.8. The molecule has 10 aromatic carbocycles. The van der Waals surface area contributed by atoms with E-state index in [1.807, 2.05) is 134 Å². The average molecular weight is 1960 g/mol. The van der Waals surface area contributed by atoms with Crippen molar-refractivity contribution < 1.29 is 88.5 Å². The molecule has 3 unspecified atom stereocenters. The predicted octanol–water partition coefficient (Wildman–Crippen LogP) is 38.7. The lowest BCUT2D eigenvalue weighted by molar-refractivity contribution is -0.0498. The van der Waals surface area contributed by atoms with Gasteiger partial charge in [0, 0.05) is 30.0 Å². The molecule has 0 N–H and O–H groups in total. The maximum atomic E-state index is 13.8. The molecule has 0 radical (unpaired) electrons. The number of hydrogen-bond donors (Lipinski definition) is 0. The number of rotatable bonds is 7. The summed E-state index contributed by atoms with van der Waals surface area (Å²) in [6, 6.07) is 43.1. The van der Waals surface area contributed by atoms with Crippen molar-refractivity contribution in [3.05, 3.63) is 338 Å². The Kier molecular flexibility index (Phi) is 46.8. The number of hydrogen-bond acceptors (Lipinski definition) is 2. The van der Waals surface area contributed by atoms with Crippen LogP contribution in [0.25, 0.3) is 0 Å². The van der Waals surface area contributed by atoms with Gasteiger partial charge >= 0.3 is 6.61 Å². The zero-order valence-electron chi connectivity index (χ0n) is 87.3. The van der Waals surface area contributed by atoms with Crippen molar-refractivity contribution in [2.75, 3.05) is 0 Å². The van der Waals surface area contributed by atoms with E-state index in [2.05, 4.69) is 93.9 Å². The van der Waals surface area contributed by atoms with Gasteiger partial charge in [0.15, 0.2) is 40.7 Å². The second-order valence-corrected chi connectivity index (χ2v) is 45.1. The summed E-state index contributed by atoms with van der Waals surface area (Å²) in [7, 11) is 0. The first-order chi connectivity index (χ1) is 61.1. The van der Waals surface area contributed by atoms with Crippen molar-refractivity contribution in [1.82, 2.24) is 0 Å². The van der Waals surface area contributed by atoms with Crippen molar-refractivity contribution in [3.8, 4) is 11.5 Å². The lowest BCUT2D eigenvalue weighted by Gasteiger charge is -2.22. The SMILES string of the molecule is CC(C)(C)c1cc(F)c(F)c(F)c1.CC(C)(C)c1ccc(Cl)c(OC(F)F)c1.CC(C)(C)c1cccc(C(C)(F)F)c1F.CC(F)Oc1cc(C(C)(C)C)ccc1F.CC(F)c1cc(C(C)(C)C)ccc1Cl.CC(F)c1cc(C(C)(C)C)ccc1F.Cc1cc(C(C)(C)C)cc(F)c1C.Cc1cc(C(C)(C)C)cc(F)c1F.Cc1cc(C(C)(C)C)ccc1F.Cc1cc(F)cc(C(C)(C)C)c1. The Morgan fingerprint density at radius 2 is 0.581 bits per heavy atom. The number of benzene rings is 10. The van der Waals surface area contributed by atoms with Gasteiger partial charge in [0.1, 0.15) is 47.2 Å². The summed E-state index contributed by atoms with van der Waals surface area (Å²) in [6.45, 7) is 71.0. The van der Waals surface area contributed by atoms with Crippen LogP contribution in [0.2, 0.25) is 10.0 Å². The molecule has 10 rings (SSSR count). The van der Waals surface area contributed by atoms with Gasteiger partial charge in [-0.05, 0) is 271 Å². The van der Waals surface area contributed by atoms with Gasteiger partial charge in [-0.15, -0.1) is 0 Å². The van der Waals surface area contributed by atoms with Crippen LogP contribution >= 0.6 is 23.2 Å². The Balaban J connectivity index is 0.000000756. The van der Waals surface area contributed by atoms with Crippen LogP contribution in [0, 0.1) is 98.6 Å². The molecule has 0 aliphatic carbocycles. The molecule has 0 amide bonds. The van der Waals surface area contributed by atoms with Crippen LogP contribution in [-0.4, -0.2) is 13.0 Å². The van der Waals surface area contributed by atoms with E-state index in [1.165, 1.54) is 56.7 Å². The first-order valence-electron chi connectivity index (χ1n) is 45.0. The lowest BCUT2D eigenvalue weighted by atomic mass is 9.85. The molecule has 10 aromatic rings. The molecule has 0 spiro atoms. The number of aryl methyl sites for hydroxylation is 4. The van der Waals surface area contributed by atoms with Gasteiger partial charge in [-0.1, -0.05) is 310 Å². The molecule has 0 saturated heterocycles. The molecule has 0 fully saturated rings. The van der Waals surface area contributed by atoms with E-state index in [1.54, 1.807) is 134 Å². The Morgan fingerprint density at radius 1 is 0.257 bits per heavy atom. The molecule has 0 heterocycles. The molecule has 0 saturated carbocycles.